The summed E-state index contributed by atoms with van der Waals surface area (Å²) in [5, 5.41) is 13.6. The van der Waals surface area contributed by atoms with E-state index in [0.717, 1.165) is 11.1 Å². The lowest BCUT2D eigenvalue weighted by atomic mass is 10.1. The monoisotopic (exact) mass is 402 g/mol. The molecule has 29 heavy (non-hydrogen) atoms. The van der Waals surface area contributed by atoms with E-state index in [1.165, 1.54) is 32.2 Å². The van der Waals surface area contributed by atoms with Crippen LogP contribution in [0.3, 0.4) is 0 Å². The number of anilines is 1. The third-order valence-corrected chi connectivity index (χ3v) is 4.01. The van der Waals surface area contributed by atoms with Crippen LogP contribution in [0.1, 0.15) is 18.1 Å². The minimum absolute atomic E-state index is 0.0322. The summed E-state index contributed by atoms with van der Waals surface area (Å²) < 4.78 is 15.4. The van der Waals surface area contributed by atoms with E-state index >= 15 is 0 Å². The lowest BCUT2D eigenvalue weighted by Gasteiger charge is -2.15. The number of nitro benzene ring substituents is 1. The van der Waals surface area contributed by atoms with Crippen LogP contribution in [0.15, 0.2) is 36.4 Å². The fourth-order valence-corrected chi connectivity index (χ4v) is 2.51. The van der Waals surface area contributed by atoms with Crippen molar-refractivity contribution in [3.05, 3.63) is 57.6 Å². The average molecular weight is 402 g/mol. The van der Waals surface area contributed by atoms with E-state index in [1.807, 2.05) is 26.0 Å². The van der Waals surface area contributed by atoms with Crippen LogP contribution in [0.25, 0.3) is 0 Å². The number of hydrogen-bond acceptors (Lipinski definition) is 7. The predicted molar refractivity (Wildman–Crippen MR) is 105 cm³/mol. The summed E-state index contributed by atoms with van der Waals surface area (Å²) >= 11 is 0. The van der Waals surface area contributed by atoms with Gasteiger partial charge < -0.3 is 19.5 Å². The van der Waals surface area contributed by atoms with Crippen LogP contribution in [-0.2, 0) is 14.3 Å². The molecule has 9 nitrogen and oxygen atoms in total. The van der Waals surface area contributed by atoms with E-state index in [-0.39, 0.29) is 23.7 Å². The van der Waals surface area contributed by atoms with Gasteiger partial charge in [0.25, 0.3) is 11.6 Å². The van der Waals surface area contributed by atoms with E-state index in [1.54, 1.807) is 6.07 Å². The number of amides is 1. The van der Waals surface area contributed by atoms with Crippen molar-refractivity contribution >= 4 is 23.3 Å². The van der Waals surface area contributed by atoms with Gasteiger partial charge in [-0.2, -0.15) is 0 Å². The molecule has 0 fully saturated rings. The number of nitro groups is 1. The van der Waals surface area contributed by atoms with Crippen molar-refractivity contribution in [2.24, 2.45) is 0 Å². The molecular formula is C20H22N2O7. The molecule has 2 aromatic carbocycles. The van der Waals surface area contributed by atoms with Crippen LogP contribution < -0.4 is 14.8 Å². The first-order chi connectivity index (χ1) is 13.7. The smallest absolute Gasteiger partial charge is 0.344 e. The molecule has 0 saturated carbocycles. The fraction of sp³-hybridized carbons (Fsp3) is 0.300. The molecule has 0 unspecified atom stereocenters. The van der Waals surface area contributed by atoms with Gasteiger partial charge in [-0.15, -0.1) is 0 Å². The molecule has 154 valence electrons. The van der Waals surface area contributed by atoms with Gasteiger partial charge in [-0.05, 0) is 44.5 Å². The summed E-state index contributed by atoms with van der Waals surface area (Å²) in [6.45, 7) is 4.79. The Morgan fingerprint density at radius 3 is 2.52 bits per heavy atom. The highest BCUT2D eigenvalue weighted by atomic mass is 16.6. The number of esters is 1. The van der Waals surface area contributed by atoms with Gasteiger partial charge in [0.05, 0.1) is 18.1 Å². The van der Waals surface area contributed by atoms with E-state index in [9.17, 15) is 19.7 Å². The minimum Gasteiger partial charge on any atom is -0.496 e. The summed E-state index contributed by atoms with van der Waals surface area (Å²) in [5.41, 5.74) is 1.57. The van der Waals surface area contributed by atoms with E-state index in [0.29, 0.717) is 5.75 Å². The quantitative estimate of drug-likeness (QED) is 0.409. The van der Waals surface area contributed by atoms with Crippen molar-refractivity contribution < 1.29 is 28.7 Å². The molecular weight excluding hydrogens is 380 g/mol. The van der Waals surface area contributed by atoms with Gasteiger partial charge in [-0.3, -0.25) is 14.9 Å². The average Bonchev–Trinajstić information content (AvgIpc) is 2.67. The third-order valence-electron chi connectivity index (χ3n) is 4.01. The van der Waals surface area contributed by atoms with Crippen molar-refractivity contribution in [1.29, 1.82) is 0 Å². The zero-order chi connectivity index (χ0) is 21.6. The molecule has 0 radical (unpaired) electrons. The predicted octanol–water partition coefficient (Wildman–Crippen LogP) is 3.17. The Hall–Kier alpha value is -3.62. The second-order valence-corrected chi connectivity index (χ2v) is 6.32. The van der Waals surface area contributed by atoms with Crippen LogP contribution in [0.4, 0.5) is 11.4 Å². The van der Waals surface area contributed by atoms with Crippen LogP contribution in [0, 0.1) is 24.0 Å². The molecule has 1 N–H and O–H groups in total. The number of methoxy groups -OCH3 is 1. The Bertz CT molecular complexity index is 927. The third kappa shape index (κ3) is 5.93. The van der Waals surface area contributed by atoms with E-state index < -0.39 is 22.9 Å². The molecule has 0 heterocycles. The number of benzene rings is 2. The second kappa shape index (κ2) is 9.54. The number of ether oxygens (including phenoxy) is 3. The van der Waals surface area contributed by atoms with Gasteiger partial charge in [0.2, 0.25) is 0 Å². The Morgan fingerprint density at radius 1 is 1.17 bits per heavy atom. The molecule has 0 aliphatic carbocycles. The number of carbonyl (C=O) groups is 2. The molecule has 9 heteroatoms. The van der Waals surface area contributed by atoms with Crippen LogP contribution in [-0.4, -0.2) is 36.6 Å². The molecule has 1 atom stereocenters. The maximum absolute atomic E-state index is 12.3. The summed E-state index contributed by atoms with van der Waals surface area (Å²) in [4.78, 5) is 34.8. The SMILES string of the molecule is COc1ccc(NC(=O)[C@@H](C)OC(=O)COc2ccc(C)cc2C)c([N+](=O)[O-])c1. The van der Waals surface area contributed by atoms with Crippen LogP contribution in [0.2, 0.25) is 0 Å². The van der Waals surface area contributed by atoms with Gasteiger partial charge in [-0.1, -0.05) is 17.7 Å². The number of aryl methyl sites for hydroxylation is 2. The Kier molecular flexibility index (Phi) is 7.13. The second-order valence-electron chi connectivity index (χ2n) is 6.32. The molecule has 2 aromatic rings. The largest absolute Gasteiger partial charge is 0.496 e. The van der Waals surface area contributed by atoms with Gasteiger partial charge in [-0.25, -0.2) is 4.79 Å². The van der Waals surface area contributed by atoms with Gasteiger partial charge in [0, 0.05) is 0 Å². The molecule has 1 amide bonds. The summed E-state index contributed by atoms with van der Waals surface area (Å²) in [6, 6.07) is 9.51. The van der Waals surface area contributed by atoms with Crippen molar-refractivity contribution in [2.75, 3.05) is 19.0 Å². The standard InChI is InChI=1S/C20H22N2O7/c1-12-5-8-18(13(2)9-12)28-11-19(23)29-14(3)20(24)21-16-7-6-15(27-4)10-17(16)22(25)26/h5-10,14H,11H2,1-4H3,(H,21,24)/t14-/m1/s1. The highest BCUT2D eigenvalue weighted by Crippen LogP contribution is 2.29. The van der Waals surface area contributed by atoms with E-state index in [4.69, 9.17) is 14.2 Å². The normalized spacial score (nSPS) is 11.3. The molecule has 0 aliphatic heterocycles. The topological polar surface area (TPSA) is 117 Å². The maximum atomic E-state index is 12.3. The molecule has 0 aromatic heterocycles. The highest BCUT2D eigenvalue weighted by Gasteiger charge is 2.23. The first-order valence-electron chi connectivity index (χ1n) is 8.74. The zero-order valence-corrected chi connectivity index (χ0v) is 16.6. The number of nitrogens with one attached hydrogen (secondary N) is 1. The van der Waals surface area contributed by atoms with Crippen molar-refractivity contribution in [3.63, 3.8) is 0 Å². The number of hydrogen-bond donors (Lipinski definition) is 1. The fourth-order valence-electron chi connectivity index (χ4n) is 2.51. The summed E-state index contributed by atoms with van der Waals surface area (Å²) in [6.07, 6.45) is -1.17. The minimum atomic E-state index is -1.17. The first-order valence-corrected chi connectivity index (χ1v) is 8.74. The lowest BCUT2D eigenvalue weighted by Crippen LogP contribution is -2.31. The van der Waals surface area contributed by atoms with Gasteiger partial charge >= 0.3 is 5.97 Å². The molecule has 0 bridgehead atoms. The summed E-state index contributed by atoms with van der Waals surface area (Å²) in [5.74, 6) is -0.633. The zero-order valence-electron chi connectivity index (χ0n) is 16.6. The number of rotatable bonds is 8. The highest BCUT2D eigenvalue weighted by molar-refractivity contribution is 5.97. The maximum Gasteiger partial charge on any atom is 0.344 e. The lowest BCUT2D eigenvalue weighted by molar-refractivity contribution is -0.384. The van der Waals surface area contributed by atoms with Crippen LogP contribution in [0.5, 0.6) is 11.5 Å². The van der Waals surface area contributed by atoms with Gasteiger partial charge in [0.1, 0.15) is 17.2 Å². The number of nitrogens with zero attached hydrogens (tertiary/aromatic N) is 1. The van der Waals surface area contributed by atoms with Crippen molar-refractivity contribution in [2.45, 2.75) is 26.9 Å². The molecule has 0 saturated heterocycles. The Balaban J connectivity index is 1.95. The summed E-state index contributed by atoms with van der Waals surface area (Å²) in [7, 11) is 1.37. The van der Waals surface area contributed by atoms with Crippen molar-refractivity contribution in [1.82, 2.24) is 0 Å². The Labute approximate surface area is 167 Å². The Morgan fingerprint density at radius 2 is 1.90 bits per heavy atom. The number of carbonyl (C=O) groups excluding carboxylic acids is 2. The molecule has 0 spiro atoms. The van der Waals surface area contributed by atoms with Crippen LogP contribution >= 0.6 is 0 Å². The molecule has 2 rings (SSSR count). The van der Waals surface area contributed by atoms with Crippen molar-refractivity contribution in [3.8, 4) is 11.5 Å². The molecule has 0 aliphatic rings. The van der Waals surface area contributed by atoms with E-state index in [2.05, 4.69) is 5.32 Å². The van der Waals surface area contributed by atoms with Gasteiger partial charge in [0.15, 0.2) is 12.7 Å². The first kappa shape index (κ1) is 21.7.